The molecule has 2 aliphatic heterocycles. The third-order valence-corrected chi connectivity index (χ3v) is 9.01. The summed E-state index contributed by atoms with van der Waals surface area (Å²) in [5.74, 6) is 5.55. The highest BCUT2D eigenvalue weighted by molar-refractivity contribution is 5.95. The molecule has 45 heavy (non-hydrogen) atoms. The van der Waals surface area contributed by atoms with Gasteiger partial charge in [-0.25, -0.2) is 4.39 Å². The number of nitrogens with zero attached hydrogens (tertiary/aromatic N) is 2. The highest BCUT2D eigenvalue weighted by Crippen LogP contribution is 2.41. The van der Waals surface area contributed by atoms with Crippen molar-refractivity contribution in [3.8, 4) is 17.6 Å². The Kier molecular flexibility index (Phi) is 8.84. The number of carbonyl (C=O) groups is 1. The van der Waals surface area contributed by atoms with E-state index in [1.165, 1.54) is 17.7 Å². The maximum atomic E-state index is 13.7. The summed E-state index contributed by atoms with van der Waals surface area (Å²) >= 11 is 0. The molecule has 1 aromatic heterocycles. The molecular weight excluding hydrogens is 590 g/mol. The van der Waals surface area contributed by atoms with Gasteiger partial charge >= 0.3 is 6.18 Å². The monoisotopic (exact) mass is 627 g/mol. The van der Waals surface area contributed by atoms with E-state index in [4.69, 9.17) is 9.47 Å². The van der Waals surface area contributed by atoms with E-state index in [9.17, 15) is 22.4 Å². The Morgan fingerprint density at radius 2 is 1.87 bits per heavy atom. The molecule has 1 saturated carbocycles. The summed E-state index contributed by atoms with van der Waals surface area (Å²) in [6.45, 7) is 1.80. The number of aromatic nitrogens is 1. The van der Waals surface area contributed by atoms with Crippen molar-refractivity contribution in [3.05, 3.63) is 53.7 Å². The fourth-order valence-corrected chi connectivity index (χ4v) is 6.72. The van der Waals surface area contributed by atoms with Crippen LogP contribution in [0.4, 0.5) is 28.9 Å². The molecule has 3 fully saturated rings. The van der Waals surface area contributed by atoms with Gasteiger partial charge in [0.2, 0.25) is 6.86 Å². The molecule has 1 aliphatic carbocycles. The maximum absolute atomic E-state index is 13.7. The molecule has 8 nitrogen and oxygen atoms in total. The third-order valence-electron chi connectivity index (χ3n) is 9.01. The number of hydrogen-bond acceptors (Lipinski definition) is 6. The summed E-state index contributed by atoms with van der Waals surface area (Å²) in [6.07, 6.45) is -0.248. The number of carbonyl (C=O) groups excluding carboxylic acids is 1. The molecule has 240 valence electrons. The quantitative estimate of drug-likeness (QED) is 0.218. The van der Waals surface area contributed by atoms with Crippen molar-refractivity contribution in [2.24, 2.45) is 5.41 Å². The van der Waals surface area contributed by atoms with Crippen LogP contribution in [-0.2, 0) is 11.3 Å². The molecule has 2 saturated heterocycles. The fourth-order valence-electron chi connectivity index (χ4n) is 6.72. The lowest BCUT2D eigenvalue weighted by atomic mass is 9.75. The van der Waals surface area contributed by atoms with Crippen molar-refractivity contribution < 1.29 is 31.8 Å². The molecule has 3 heterocycles. The average Bonchev–Trinajstić information content (AvgIpc) is 3.31. The van der Waals surface area contributed by atoms with Crippen LogP contribution in [0.25, 0.3) is 10.9 Å². The van der Waals surface area contributed by atoms with Gasteiger partial charge in [-0.1, -0.05) is 12.0 Å². The van der Waals surface area contributed by atoms with E-state index in [1.807, 2.05) is 6.07 Å². The minimum Gasteiger partial charge on any atom is -0.461 e. The van der Waals surface area contributed by atoms with Crippen LogP contribution in [0.1, 0.15) is 41.7 Å². The predicted octanol–water partition coefficient (Wildman–Crippen LogP) is 5.39. The Balaban J connectivity index is 1.15. The highest BCUT2D eigenvalue weighted by Gasteiger charge is 2.50. The van der Waals surface area contributed by atoms with Crippen LogP contribution in [-0.4, -0.2) is 80.4 Å². The SMILES string of the molecule is CNC(=O)c1ccc(NCC#Cc2cc3c(N[C@H]4CC[C@H](N5CC6(COC6)C5)CC4)cccc3n2CC(F)(F)F)c(OCF)c1. The van der Waals surface area contributed by atoms with Crippen molar-refractivity contribution in [3.63, 3.8) is 0 Å². The Hall–Kier alpha value is -3.95. The van der Waals surface area contributed by atoms with Crippen molar-refractivity contribution in [1.29, 1.82) is 0 Å². The molecule has 3 N–H and O–H groups in total. The largest absolute Gasteiger partial charge is 0.461 e. The second kappa shape index (κ2) is 12.8. The number of likely N-dealkylation sites (tertiary alicyclic amines) is 1. The number of alkyl halides is 4. The Morgan fingerprint density at radius 3 is 2.53 bits per heavy atom. The van der Waals surface area contributed by atoms with Crippen molar-refractivity contribution in [2.75, 3.05) is 57.4 Å². The first kappa shape index (κ1) is 31.0. The summed E-state index contributed by atoms with van der Waals surface area (Å²) < 4.78 is 65.6. The number of fused-ring (bicyclic) bond motifs is 1. The van der Waals surface area contributed by atoms with Crippen LogP contribution in [0.5, 0.6) is 5.75 Å². The first-order chi connectivity index (χ1) is 21.7. The average molecular weight is 628 g/mol. The lowest BCUT2D eigenvalue weighted by Gasteiger charge is -2.58. The molecule has 6 rings (SSSR count). The molecule has 1 amide bonds. The van der Waals surface area contributed by atoms with Gasteiger partial charge in [0.25, 0.3) is 5.91 Å². The predicted molar refractivity (Wildman–Crippen MR) is 164 cm³/mol. The number of anilines is 2. The molecule has 0 unspecified atom stereocenters. The smallest absolute Gasteiger partial charge is 0.406 e. The normalized spacial score (nSPS) is 20.9. The zero-order chi connectivity index (χ0) is 31.6. The van der Waals surface area contributed by atoms with Crippen molar-refractivity contribution in [2.45, 2.75) is 50.5 Å². The Bertz CT molecular complexity index is 1590. The summed E-state index contributed by atoms with van der Waals surface area (Å²) in [7, 11) is 1.48. The second-order valence-corrected chi connectivity index (χ2v) is 12.2. The van der Waals surface area contributed by atoms with Crippen LogP contribution in [0.15, 0.2) is 42.5 Å². The van der Waals surface area contributed by atoms with E-state index in [0.717, 1.165) is 57.7 Å². The van der Waals surface area contributed by atoms with Crippen molar-refractivity contribution in [1.82, 2.24) is 14.8 Å². The molecule has 0 atom stereocenters. The number of amides is 1. The number of halogens is 4. The van der Waals surface area contributed by atoms with E-state index >= 15 is 0 Å². The minimum absolute atomic E-state index is 0.0506. The number of hydrogen-bond donors (Lipinski definition) is 3. The summed E-state index contributed by atoms with van der Waals surface area (Å²) in [5.41, 5.74) is 2.59. The molecule has 12 heteroatoms. The van der Waals surface area contributed by atoms with Gasteiger partial charge in [0.05, 0.1) is 36.7 Å². The summed E-state index contributed by atoms with van der Waals surface area (Å²) in [4.78, 5) is 14.5. The van der Waals surface area contributed by atoms with Crippen LogP contribution >= 0.6 is 0 Å². The third kappa shape index (κ3) is 6.84. The van der Waals surface area contributed by atoms with Gasteiger partial charge in [0.15, 0.2) is 0 Å². The Morgan fingerprint density at radius 1 is 1.09 bits per heavy atom. The zero-order valence-electron chi connectivity index (χ0n) is 25.1. The van der Waals surface area contributed by atoms with E-state index in [2.05, 4.69) is 32.7 Å². The van der Waals surface area contributed by atoms with Gasteiger partial charge < -0.3 is 30.0 Å². The van der Waals surface area contributed by atoms with Gasteiger partial charge in [-0.2, -0.15) is 13.2 Å². The zero-order valence-corrected chi connectivity index (χ0v) is 25.1. The van der Waals surface area contributed by atoms with E-state index in [0.29, 0.717) is 33.6 Å². The first-order valence-electron chi connectivity index (χ1n) is 15.2. The van der Waals surface area contributed by atoms with Crippen LogP contribution in [0.2, 0.25) is 0 Å². The summed E-state index contributed by atoms with van der Waals surface area (Å²) in [6, 6.07) is 12.4. The molecule has 3 aliphatic rings. The van der Waals surface area contributed by atoms with Crippen LogP contribution in [0.3, 0.4) is 0 Å². The highest BCUT2D eigenvalue weighted by atomic mass is 19.4. The number of rotatable bonds is 9. The lowest BCUT2D eigenvalue weighted by Crippen LogP contribution is -2.68. The van der Waals surface area contributed by atoms with Gasteiger partial charge in [-0.15, -0.1) is 0 Å². The van der Waals surface area contributed by atoms with Gasteiger partial charge in [0.1, 0.15) is 12.3 Å². The lowest BCUT2D eigenvalue weighted by molar-refractivity contribution is -0.200. The number of nitrogens with one attached hydrogen (secondary N) is 3. The van der Waals surface area contributed by atoms with Crippen molar-refractivity contribution >= 4 is 28.2 Å². The number of benzene rings is 2. The van der Waals surface area contributed by atoms with E-state index in [-0.39, 0.29) is 29.9 Å². The van der Waals surface area contributed by atoms with E-state index in [1.54, 1.807) is 30.3 Å². The molecule has 1 spiro atoms. The minimum atomic E-state index is -4.44. The first-order valence-corrected chi connectivity index (χ1v) is 15.2. The molecule has 3 aromatic rings. The Labute approximate surface area is 259 Å². The summed E-state index contributed by atoms with van der Waals surface area (Å²) in [5, 5.41) is 9.80. The topological polar surface area (TPSA) is 79.8 Å². The fraction of sp³-hybridized carbons (Fsp3) is 0.485. The van der Waals surface area contributed by atoms with Gasteiger partial charge in [-0.3, -0.25) is 9.69 Å². The number of ether oxygens (including phenoxy) is 2. The molecule has 0 radical (unpaired) electrons. The molecule has 2 aromatic carbocycles. The molecule has 0 bridgehead atoms. The van der Waals surface area contributed by atoms with Gasteiger partial charge in [-0.05, 0) is 68.0 Å². The standard InChI is InChI=1S/C33H37F4N5O3/c1-38-31(43)22-7-12-28(30(14-22)45-21-34)39-13-3-4-25-15-26-27(5-2-6-29(26)42(25)18-33(35,36)37)40-23-8-10-24(11-9-23)41-16-32(17-41)19-44-20-32/h2,5-7,12,14-15,23-24,39-40H,8-11,13,16-21H2,1H3,(H,38,43)/t23-,24-. The second-order valence-electron chi connectivity index (χ2n) is 12.2. The van der Waals surface area contributed by atoms with Crippen LogP contribution < -0.4 is 20.7 Å². The van der Waals surface area contributed by atoms with Gasteiger partial charge in [0, 0.05) is 54.3 Å². The molecular formula is C33H37F4N5O3. The van der Waals surface area contributed by atoms with E-state index < -0.39 is 19.6 Å². The maximum Gasteiger partial charge on any atom is 0.406 e. The van der Waals surface area contributed by atoms with Crippen LogP contribution in [0, 0.1) is 17.3 Å².